The van der Waals surface area contributed by atoms with E-state index in [2.05, 4.69) is 4.74 Å². The Hall–Kier alpha value is -1.97. The van der Waals surface area contributed by atoms with Crippen molar-refractivity contribution >= 4 is 35.8 Å². The summed E-state index contributed by atoms with van der Waals surface area (Å²) in [5, 5.41) is -0.171. The highest BCUT2D eigenvalue weighted by Gasteiger charge is 2.62. The van der Waals surface area contributed by atoms with Gasteiger partial charge in [0.05, 0.1) is 23.7 Å². The highest BCUT2D eigenvalue weighted by atomic mass is 32.2. The second-order valence-electron chi connectivity index (χ2n) is 6.45. The van der Waals surface area contributed by atoms with E-state index in [-0.39, 0.29) is 17.9 Å². The third-order valence-electron chi connectivity index (χ3n) is 3.84. The maximum atomic E-state index is 12.7. The third kappa shape index (κ3) is 4.00. The van der Waals surface area contributed by atoms with Gasteiger partial charge in [0.15, 0.2) is 0 Å². The third-order valence-corrected chi connectivity index (χ3v) is 5.38. The molecule has 0 spiro atoms. The minimum Gasteiger partial charge on any atom is -0.464 e. The van der Waals surface area contributed by atoms with E-state index in [1.54, 1.807) is 6.92 Å². The highest BCUT2D eigenvalue weighted by molar-refractivity contribution is 8.01. The molecule has 0 N–H and O–H groups in total. The molecular formula is C15H21NO8S. The molecule has 0 unspecified atom stereocenters. The predicted octanol–water partition coefficient (Wildman–Crippen LogP) is 1.04. The Balaban J connectivity index is 2.16. The fraction of sp³-hybridized carbons (Fsp3) is 0.733. The number of fused-ring (bicyclic) bond motifs is 1. The molecule has 0 bridgehead atoms. The predicted molar refractivity (Wildman–Crippen MR) is 85.3 cm³/mol. The van der Waals surface area contributed by atoms with Gasteiger partial charge in [-0.3, -0.25) is 9.59 Å². The van der Waals surface area contributed by atoms with Crippen molar-refractivity contribution in [1.82, 2.24) is 4.90 Å². The van der Waals surface area contributed by atoms with E-state index in [9.17, 15) is 19.2 Å². The van der Waals surface area contributed by atoms with Gasteiger partial charge >= 0.3 is 18.1 Å². The van der Waals surface area contributed by atoms with Gasteiger partial charge in [0, 0.05) is 20.8 Å². The summed E-state index contributed by atoms with van der Waals surface area (Å²) in [5.74, 6) is -2.99. The normalized spacial score (nSPS) is 27.9. The molecule has 140 valence electrons. The van der Waals surface area contributed by atoms with Crippen molar-refractivity contribution in [3.63, 3.8) is 0 Å². The van der Waals surface area contributed by atoms with Crippen LogP contribution in [0.15, 0.2) is 0 Å². The van der Waals surface area contributed by atoms with Crippen LogP contribution in [0.25, 0.3) is 0 Å². The van der Waals surface area contributed by atoms with Crippen LogP contribution in [-0.2, 0) is 33.3 Å². The van der Waals surface area contributed by atoms with E-state index in [0.717, 1.165) is 7.11 Å². The summed E-state index contributed by atoms with van der Waals surface area (Å²) in [6, 6.07) is -0.955. The number of amides is 1. The summed E-state index contributed by atoms with van der Waals surface area (Å²) in [6.07, 6.45) is -0.689. The average molecular weight is 375 g/mol. The Bertz CT molecular complexity index is 606. The number of esters is 2. The molecule has 25 heavy (non-hydrogen) atoms. The fourth-order valence-electron chi connectivity index (χ4n) is 2.76. The molecular weight excluding hydrogens is 354 g/mol. The summed E-state index contributed by atoms with van der Waals surface area (Å²) >= 11 is 1.38. The highest BCUT2D eigenvalue weighted by Crippen LogP contribution is 2.51. The number of methoxy groups -OCH3 is 1. The molecule has 0 saturated carbocycles. The van der Waals surface area contributed by atoms with E-state index >= 15 is 0 Å². The summed E-state index contributed by atoms with van der Waals surface area (Å²) in [4.78, 5) is 48.5. The summed E-state index contributed by atoms with van der Waals surface area (Å²) in [6.45, 7) is 5.70. The standard InChI is InChI=1S/C15H21NO8S/c1-8(17)22-7-15(4)11(16-9(18)6-10(16)25-15)12(19)23-14(2,3)24-13(20)21-5/h10-11H,6-7H2,1-5H3/t10-,11+,15+/m1/s1. The average Bonchev–Trinajstić information content (AvgIpc) is 2.72. The number of hydrogen-bond donors (Lipinski definition) is 0. The lowest BCUT2D eigenvalue weighted by Crippen LogP contribution is -2.59. The summed E-state index contributed by atoms with van der Waals surface area (Å²) in [7, 11) is 1.13. The van der Waals surface area contributed by atoms with Gasteiger partial charge < -0.3 is 23.8 Å². The number of thioether (sulfide) groups is 1. The van der Waals surface area contributed by atoms with E-state index in [1.165, 1.54) is 37.4 Å². The maximum Gasteiger partial charge on any atom is 0.511 e. The van der Waals surface area contributed by atoms with Crippen molar-refractivity contribution in [3.05, 3.63) is 0 Å². The van der Waals surface area contributed by atoms with Crippen LogP contribution in [0.5, 0.6) is 0 Å². The Morgan fingerprint density at radius 1 is 1.32 bits per heavy atom. The van der Waals surface area contributed by atoms with Gasteiger partial charge in [-0.15, -0.1) is 11.8 Å². The molecule has 2 fully saturated rings. The Labute approximate surface area is 149 Å². The Kier molecular flexibility index (Phi) is 5.22. The van der Waals surface area contributed by atoms with Gasteiger partial charge in [-0.2, -0.15) is 0 Å². The van der Waals surface area contributed by atoms with Crippen molar-refractivity contribution in [2.24, 2.45) is 0 Å². The molecule has 0 aromatic carbocycles. The van der Waals surface area contributed by atoms with Crippen LogP contribution in [0.2, 0.25) is 0 Å². The van der Waals surface area contributed by atoms with Crippen molar-refractivity contribution in [2.45, 2.75) is 56.1 Å². The number of carbonyl (C=O) groups is 4. The second-order valence-corrected chi connectivity index (χ2v) is 8.16. The van der Waals surface area contributed by atoms with Gasteiger partial charge in [0.25, 0.3) is 5.79 Å². The van der Waals surface area contributed by atoms with Crippen molar-refractivity contribution in [2.75, 3.05) is 13.7 Å². The maximum absolute atomic E-state index is 12.7. The lowest BCUT2D eigenvalue weighted by atomic mass is 9.97. The first-order valence-electron chi connectivity index (χ1n) is 7.61. The molecule has 10 heteroatoms. The summed E-state index contributed by atoms with van der Waals surface area (Å²) in [5.41, 5.74) is 0. The van der Waals surface area contributed by atoms with Crippen LogP contribution in [0.1, 0.15) is 34.1 Å². The molecule has 2 heterocycles. The van der Waals surface area contributed by atoms with Gasteiger partial charge in [0.2, 0.25) is 5.91 Å². The lowest BCUT2D eigenvalue weighted by molar-refractivity contribution is -0.208. The molecule has 0 aliphatic carbocycles. The Morgan fingerprint density at radius 3 is 2.48 bits per heavy atom. The zero-order chi connectivity index (χ0) is 19.0. The molecule has 0 aromatic rings. The van der Waals surface area contributed by atoms with E-state index < -0.39 is 34.7 Å². The zero-order valence-electron chi connectivity index (χ0n) is 14.7. The van der Waals surface area contributed by atoms with Crippen LogP contribution < -0.4 is 0 Å². The van der Waals surface area contributed by atoms with Crippen LogP contribution >= 0.6 is 11.8 Å². The van der Waals surface area contributed by atoms with Crippen molar-refractivity contribution in [1.29, 1.82) is 0 Å². The van der Waals surface area contributed by atoms with E-state index in [1.807, 2.05) is 0 Å². The largest absolute Gasteiger partial charge is 0.511 e. The first-order valence-corrected chi connectivity index (χ1v) is 8.49. The summed E-state index contributed by atoms with van der Waals surface area (Å²) < 4.78 is 18.8. The molecule has 2 saturated heterocycles. The molecule has 0 aromatic heterocycles. The van der Waals surface area contributed by atoms with Gasteiger partial charge in [-0.1, -0.05) is 0 Å². The monoisotopic (exact) mass is 375 g/mol. The van der Waals surface area contributed by atoms with Gasteiger partial charge in [-0.05, 0) is 6.92 Å². The smallest absolute Gasteiger partial charge is 0.464 e. The van der Waals surface area contributed by atoms with Crippen LogP contribution in [0.4, 0.5) is 4.79 Å². The fourth-order valence-corrected chi connectivity index (χ4v) is 4.43. The molecule has 9 nitrogen and oxygen atoms in total. The first kappa shape index (κ1) is 19.4. The second kappa shape index (κ2) is 6.74. The zero-order valence-corrected chi connectivity index (χ0v) is 15.5. The van der Waals surface area contributed by atoms with Crippen LogP contribution in [0, 0.1) is 0 Å². The minimum atomic E-state index is -1.58. The molecule has 0 radical (unpaired) electrons. The minimum absolute atomic E-state index is 0.0503. The van der Waals surface area contributed by atoms with Crippen LogP contribution in [0.3, 0.4) is 0 Å². The first-order chi connectivity index (χ1) is 11.5. The quantitative estimate of drug-likeness (QED) is 0.301. The SMILES string of the molecule is COC(=O)OC(C)(C)OC(=O)[C@@H]1N2C(=O)C[C@H]2S[C@@]1(C)COC(C)=O. The number of β-lactam (4-membered cyclic amide) rings is 1. The topological polar surface area (TPSA) is 108 Å². The number of hydrogen-bond acceptors (Lipinski definition) is 9. The Morgan fingerprint density at radius 2 is 1.96 bits per heavy atom. The lowest BCUT2D eigenvalue weighted by Gasteiger charge is -2.38. The van der Waals surface area contributed by atoms with E-state index in [0.29, 0.717) is 6.42 Å². The molecule has 2 aliphatic heterocycles. The van der Waals surface area contributed by atoms with Crippen LogP contribution in [-0.4, -0.2) is 64.6 Å². The molecule has 1 amide bonds. The van der Waals surface area contributed by atoms with Gasteiger partial charge in [-0.25, -0.2) is 9.59 Å². The molecule has 3 atom stereocenters. The number of nitrogens with zero attached hydrogens (tertiary/aromatic N) is 1. The van der Waals surface area contributed by atoms with Crippen molar-refractivity contribution < 1.29 is 38.1 Å². The molecule has 2 aliphatic rings. The van der Waals surface area contributed by atoms with E-state index in [4.69, 9.17) is 14.2 Å². The van der Waals surface area contributed by atoms with Crippen molar-refractivity contribution in [3.8, 4) is 0 Å². The number of carbonyl (C=O) groups excluding carboxylic acids is 4. The molecule has 2 rings (SSSR count). The number of ether oxygens (including phenoxy) is 4. The number of rotatable bonds is 5. The van der Waals surface area contributed by atoms with Gasteiger partial charge in [0.1, 0.15) is 12.6 Å².